The summed E-state index contributed by atoms with van der Waals surface area (Å²) in [4.78, 5) is 57.5. The second-order valence-electron chi connectivity index (χ2n) is 10.9. The summed E-state index contributed by atoms with van der Waals surface area (Å²) in [6.07, 6.45) is 0.205. The standard InChI is InChI=1S/C31H39N5O5/c1-18-11-12-23-14-22(18)8-7-13-32-27(38)17-36(16-19(2)33-31(41)29(21(4)37)35-30(23)40)28(39)15-25-20(3)34-26-10-6-5-9-24(25)26/h5-6,9-12,14,19,21,29,34,37H,7-8,13,15-17H2,1-4H3,(H,32,38)(H,33,41)(H,35,40)/t19-,21-,29+/m1/s1. The molecule has 3 aromatic rings. The maximum absolute atomic E-state index is 13.6. The van der Waals surface area contributed by atoms with Crippen molar-refractivity contribution in [2.75, 3.05) is 19.6 Å². The average Bonchev–Trinajstić information content (AvgIpc) is 3.23. The van der Waals surface area contributed by atoms with Gasteiger partial charge in [-0.3, -0.25) is 19.2 Å². The first-order chi connectivity index (χ1) is 19.5. The molecule has 2 heterocycles. The largest absolute Gasteiger partial charge is 0.391 e. The van der Waals surface area contributed by atoms with Crippen molar-refractivity contribution in [2.24, 2.45) is 0 Å². The number of hydrogen-bond donors (Lipinski definition) is 5. The summed E-state index contributed by atoms with van der Waals surface area (Å²) in [6, 6.07) is 11.3. The minimum Gasteiger partial charge on any atom is -0.391 e. The molecule has 218 valence electrons. The number of nitrogens with zero attached hydrogens (tertiary/aromatic N) is 1. The van der Waals surface area contributed by atoms with Gasteiger partial charge in [0.25, 0.3) is 5.91 Å². The van der Waals surface area contributed by atoms with E-state index < -0.39 is 30.0 Å². The highest BCUT2D eigenvalue weighted by Crippen LogP contribution is 2.23. The number of amides is 4. The fraction of sp³-hybridized carbons (Fsp3) is 0.419. The Morgan fingerprint density at radius 1 is 1.10 bits per heavy atom. The van der Waals surface area contributed by atoms with Crippen LogP contribution in [0.3, 0.4) is 0 Å². The first-order valence-electron chi connectivity index (χ1n) is 14.0. The number of aliphatic hydroxyl groups is 1. The van der Waals surface area contributed by atoms with Gasteiger partial charge in [-0.15, -0.1) is 0 Å². The molecular formula is C31H39N5O5. The van der Waals surface area contributed by atoms with Crippen LogP contribution in [-0.2, 0) is 27.2 Å². The summed E-state index contributed by atoms with van der Waals surface area (Å²) in [7, 11) is 0. The minimum atomic E-state index is -1.20. The fourth-order valence-corrected chi connectivity index (χ4v) is 5.24. The first-order valence-corrected chi connectivity index (χ1v) is 14.0. The van der Waals surface area contributed by atoms with Gasteiger partial charge in [0.2, 0.25) is 17.7 Å². The summed E-state index contributed by atoms with van der Waals surface area (Å²) >= 11 is 0. The number of hydrogen-bond acceptors (Lipinski definition) is 5. The monoisotopic (exact) mass is 561 g/mol. The number of rotatable bonds is 3. The first kappa shape index (κ1) is 29.8. The highest BCUT2D eigenvalue weighted by Gasteiger charge is 2.29. The molecule has 3 atom stereocenters. The summed E-state index contributed by atoms with van der Waals surface area (Å²) in [5.74, 6) is -1.59. The molecule has 4 rings (SSSR count). The zero-order chi connectivity index (χ0) is 29.7. The minimum absolute atomic E-state index is 0.0693. The molecule has 5 N–H and O–H groups in total. The normalized spacial score (nSPS) is 20.1. The molecule has 0 fully saturated rings. The van der Waals surface area contributed by atoms with E-state index >= 15 is 0 Å². The van der Waals surface area contributed by atoms with Crippen LogP contribution in [0.15, 0.2) is 42.5 Å². The van der Waals surface area contributed by atoms with Crippen molar-refractivity contribution >= 4 is 34.5 Å². The van der Waals surface area contributed by atoms with Gasteiger partial charge < -0.3 is 30.9 Å². The molecule has 4 amide bonds. The molecule has 0 saturated heterocycles. The van der Waals surface area contributed by atoms with Crippen molar-refractivity contribution < 1.29 is 24.3 Å². The molecular weight excluding hydrogens is 522 g/mol. The summed E-state index contributed by atoms with van der Waals surface area (Å²) in [5.41, 5.74) is 5.02. The van der Waals surface area contributed by atoms with Crippen molar-refractivity contribution in [2.45, 2.75) is 65.1 Å². The van der Waals surface area contributed by atoms with Gasteiger partial charge in [-0.25, -0.2) is 0 Å². The number of benzene rings is 2. The number of carbonyl (C=O) groups excluding carboxylic acids is 4. The van der Waals surface area contributed by atoms with Crippen LogP contribution in [0, 0.1) is 13.8 Å². The lowest BCUT2D eigenvalue weighted by molar-refractivity contribution is -0.136. The van der Waals surface area contributed by atoms with Gasteiger partial charge >= 0.3 is 0 Å². The third-order valence-electron chi connectivity index (χ3n) is 7.53. The molecule has 1 aliphatic heterocycles. The van der Waals surface area contributed by atoms with E-state index in [1.165, 1.54) is 11.8 Å². The summed E-state index contributed by atoms with van der Waals surface area (Å²) in [5, 5.41) is 19.6. The van der Waals surface area contributed by atoms with Gasteiger partial charge in [0.1, 0.15) is 6.04 Å². The van der Waals surface area contributed by atoms with Crippen molar-refractivity contribution in [3.63, 3.8) is 0 Å². The Balaban J connectivity index is 1.58. The molecule has 0 aliphatic carbocycles. The van der Waals surface area contributed by atoms with Crippen molar-refractivity contribution in [3.8, 4) is 0 Å². The Morgan fingerprint density at radius 3 is 2.61 bits per heavy atom. The number of carbonyl (C=O) groups is 4. The Morgan fingerprint density at radius 2 is 1.85 bits per heavy atom. The topological polar surface area (TPSA) is 144 Å². The Labute approximate surface area is 239 Å². The lowest BCUT2D eigenvalue weighted by Crippen LogP contribution is -2.56. The van der Waals surface area contributed by atoms with Gasteiger partial charge in [-0.1, -0.05) is 24.3 Å². The smallest absolute Gasteiger partial charge is 0.252 e. The Kier molecular flexibility index (Phi) is 9.44. The van der Waals surface area contributed by atoms with Crippen LogP contribution in [0.1, 0.15) is 53.0 Å². The maximum atomic E-state index is 13.6. The van der Waals surface area contributed by atoms with E-state index in [4.69, 9.17) is 0 Å². The van der Waals surface area contributed by atoms with Crippen molar-refractivity contribution in [1.29, 1.82) is 0 Å². The number of aliphatic hydroxyl groups excluding tert-OH is 1. The highest BCUT2D eigenvalue weighted by molar-refractivity contribution is 5.98. The van der Waals surface area contributed by atoms with Crippen LogP contribution in [-0.4, -0.2) is 76.4 Å². The molecule has 2 aromatic carbocycles. The molecule has 0 spiro atoms. The van der Waals surface area contributed by atoms with Crippen LogP contribution in [0.5, 0.6) is 0 Å². The molecule has 1 aromatic heterocycles. The van der Waals surface area contributed by atoms with Crippen LogP contribution in [0.25, 0.3) is 10.9 Å². The van der Waals surface area contributed by atoms with E-state index in [-0.39, 0.29) is 31.3 Å². The number of nitrogens with one attached hydrogen (secondary N) is 4. The maximum Gasteiger partial charge on any atom is 0.252 e. The second kappa shape index (κ2) is 13.0. The predicted octanol–water partition coefficient (Wildman–Crippen LogP) is 1.90. The van der Waals surface area contributed by atoms with E-state index in [9.17, 15) is 24.3 Å². The van der Waals surface area contributed by atoms with E-state index in [0.29, 0.717) is 24.9 Å². The van der Waals surface area contributed by atoms with E-state index in [2.05, 4.69) is 20.9 Å². The van der Waals surface area contributed by atoms with E-state index in [1.807, 2.05) is 44.2 Å². The number of H-pyrrole nitrogens is 1. The predicted molar refractivity (Wildman–Crippen MR) is 156 cm³/mol. The fourth-order valence-electron chi connectivity index (χ4n) is 5.24. The van der Waals surface area contributed by atoms with Crippen LogP contribution in [0.4, 0.5) is 0 Å². The van der Waals surface area contributed by atoms with Crippen LogP contribution in [0.2, 0.25) is 0 Å². The van der Waals surface area contributed by atoms with Gasteiger partial charge in [0, 0.05) is 41.3 Å². The number of aromatic nitrogens is 1. The molecule has 41 heavy (non-hydrogen) atoms. The molecule has 10 nitrogen and oxygen atoms in total. The number of fused-ring (bicyclic) bond motifs is 3. The average molecular weight is 562 g/mol. The third kappa shape index (κ3) is 7.32. The summed E-state index contributed by atoms with van der Waals surface area (Å²) in [6.45, 7) is 7.33. The van der Waals surface area contributed by atoms with Crippen LogP contribution < -0.4 is 16.0 Å². The van der Waals surface area contributed by atoms with Crippen LogP contribution >= 0.6 is 0 Å². The molecule has 0 unspecified atom stereocenters. The lowest BCUT2D eigenvalue weighted by atomic mass is 10.00. The quantitative estimate of drug-likeness (QED) is 0.332. The summed E-state index contributed by atoms with van der Waals surface area (Å²) < 4.78 is 0. The molecule has 1 aliphatic rings. The molecule has 10 heteroatoms. The zero-order valence-corrected chi connectivity index (χ0v) is 24.0. The number of aryl methyl sites for hydroxylation is 3. The second-order valence-corrected chi connectivity index (χ2v) is 10.9. The zero-order valence-electron chi connectivity index (χ0n) is 24.0. The third-order valence-corrected chi connectivity index (χ3v) is 7.53. The van der Waals surface area contributed by atoms with Crippen molar-refractivity contribution in [3.05, 3.63) is 70.4 Å². The molecule has 0 saturated carbocycles. The van der Waals surface area contributed by atoms with E-state index in [0.717, 1.165) is 33.3 Å². The Bertz CT molecular complexity index is 1450. The number of aromatic amines is 1. The van der Waals surface area contributed by atoms with E-state index in [1.54, 1.807) is 19.1 Å². The number of para-hydroxylation sites is 1. The van der Waals surface area contributed by atoms with Gasteiger partial charge in [-0.05, 0) is 75.4 Å². The van der Waals surface area contributed by atoms with Crippen molar-refractivity contribution in [1.82, 2.24) is 25.8 Å². The van der Waals surface area contributed by atoms with Gasteiger partial charge in [0.05, 0.1) is 19.1 Å². The Hall–Kier alpha value is -4.18. The SMILES string of the molecule is Cc1ccc2cc1CCCNC(=O)CN(C(=O)Cc1c(C)[nH]c3ccccc13)C[C@@H](C)NC(=O)[C@H]([C@@H](C)O)NC2=O. The lowest BCUT2D eigenvalue weighted by Gasteiger charge is -2.28. The van der Waals surface area contributed by atoms with Gasteiger partial charge in [0.15, 0.2) is 0 Å². The molecule has 2 bridgehead atoms. The molecule has 0 radical (unpaired) electrons. The highest BCUT2D eigenvalue weighted by atomic mass is 16.3. The van der Waals surface area contributed by atoms with Gasteiger partial charge in [-0.2, -0.15) is 0 Å².